The lowest BCUT2D eigenvalue weighted by Crippen LogP contribution is -2.46. The van der Waals surface area contributed by atoms with E-state index in [0.717, 1.165) is 25.7 Å². The predicted molar refractivity (Wildman–Crippen MR) is 70.9 cm³/mol. The van der Waals surface area contributed by atoms with Gasteiger partial charge >= 0.3 is 0 Å². The summed E-state index contributed by atoms with van der Waals surface area (Å²) in [7, 11) is 1.59. The smallest absolute Gasteiger partial charge is 0.227 e. The van der Waals surface area contributed by atoms with Crippen LogP contribution in [0.4, 0.5) is 0 Å². The van der Waals surface area contributed by atoms with Gasteiger partial charge in [0.25, 0.3) is 0 Å². The number of amides is 2. The summed E-state index contributed by atoms with van der Waals surface area (Å²) in [5, 5.41) is 5.39. The fourth-order valence-corrected chi connectivity index (χ4v) is 2.53. The lowest BCUT2D eigenvalue weighted by atomic mass is 9.79. The Hall–Kier alpha value is -1.10. The summed E-state index contributed by atoms with van der Waals surface area (Å²) in [5.41, 5.74) is 5.42. The number of carbonyl (C=O) groups excluding carboxylic acids is 2. The first-order valence-electron chi connectivity index (χ1n) is 6.83. The van der Waals surface area contributed by atoms with Crippen molar-refractivity contribution in [3.63, 3.8) is 0 Å². The molecule has 5 nitrogen and oxygen atoms in total. The highest BCUT2D eigenvalue weighted by molar-refractivity contribution is 5.83. The minimum absolute atomic E-state index is 0.0239. The first-order chi connectivity index (χ1) is 8.64. The quantitative estimate of drug-likeness (QED) is 0.627. The van der Waals surface area contributed by atoms with Gasteiger partial charge < -0.3 is 16.4 Å². The van der Waals surface area contributed by atoms with Crippen LogP contribution in [0.2, 0.25) is 0 Å². The summed E-state index contributed by atoms with van der Waals surface area (Å²) in [5.74, 6) is -0.0335. The van der Waals surface area contributed by atoms with Crippen molar-refractivity contribution in [2.45, 2.75) is 44.9 Å². The van der Waals surface area contributed by atoms with E-state index >= 15 is 0 Å². The van der Waals surface area contributed by atoms with Crippen LogP contribution in [0.5, 0.6) is 0 Å². The molecule has 0 aliphatic heterocycles. The van der Waals surface area contributed by atoms with Crippen LogP contribution >= 0.6 is 0 Å². The average Bonchev–Trinajstić information content (AvgIpc) is 2.64. The molecule has 0 atom stereocenters. The molecule has 104 valence electrons. The van der Waals surface area contributed by atoms with Crippen molar-refractivity contribution in [3.8, 4) is 0 Å². The molecule has 0 unspecified atom stereocenters. The molecule has 0 saturated heterocycles. The first-order valence-corrected chi connectivity index (χ1v) is 6.83. The fraction of sp³-hybridized carbons (Fsp3) is 0.846. The number of hydrogen-bond acceptors (Lipinski definition) is 3. The summed E-state index contributed by atoms with van der Waals surface area (Å²) in [6, 6.07) is 0. The van der Waals surface area contributed by atoms with Crippen molar-refractivity contribution < 1.29 is 9.59 Å². The second-order valence-electron chi connectivity index (χ2n) is 5.08. The summed E-state index contributed by atoms with van der Waals surface area (Å²) in [6.07, 6.45) is 6.58. The maximum absolute atomic E-state index is 12.3. The highest BCUT2D eigenvalue weighted by Crippen LogP contribution is 2.34. The second kappa shape index (κ2) is 7.36. The standard InChI is InChI=1S/C13H25N3O2/c1-15-11(17)6-9-16-12(18)13(10-14)7-4-2-3-5-8-13/h2-10,14H2,1H3,(H,15,17)(H,16,18). The Balaban J connectivity index is 2.47. The van der Waals surface area contributed by atoms with Crippen molar-refractivity contribution in [2.24, 2.45) is 11.1 Å². The molecule has 0 aromatic carbocycles. The van der Waals surface area contributed by atoms with E-state index in [0.29, 0.717) is 19.5 Å². The highest BCUT2D eigenvalue weighted by Gasteiger charge is 2.36. The zero-order valence-corrected chi connectivity index (χ0v) is 11.3. The third-order valence-electron chi connectivity index (χ3n) is 3.85. The number of nitrogens with one attached hydrogen (secondary N) is 2. The van der Waals surface area contributed by atoms with Crippen LogP contribution in [-0.4, -0.2) is 32.0 Å². The largest absolute Gasteiger partial charge is 0.359 e. The molecule has 0 bridgehead atoms. The molecular formula is C13H25N3O2. The topological polar surface area (TPSA) is 84.2 Å². The first kappa shape index (κ1) is 15.0. The summed E-state index contributed by atoms with van der Waals surface area (Å²) < 4.78 is 0. The van der Waals surface area contributed by atoms with Crippen molar-refractivity contribution in [2.75, 3.05) is 20.1 Å². The van der Waals surface area contributed by atoms with Gasteiger partial charge in [-0.05, 0) is 12.8 Å². The lowest BCUT2D eigenvalue weighted by Gasteiger charge is -2.29. The van der Waals surface area contributed by atoms with Gasteiger partial charge in [0.1, 0.15) is 0 Å². The molecule has 1 aliphatic rings. The molecule has 18 heavy (non-hydrogen) atoms. The van der Waals surface area contributed by atoms with E-state index in [1.54, 1.807) is 7.05 Å². The van der Waals surface area contributed by atoms with Gasteiger partial charge in [0.2, 0.25) is 11.8 Å². The molecule has 1 saturated carbocycles. The van der Waals surface area contributed by atoms with Crippen LogP contribution in [0, 0.1) is 5.41 Å². The molecule has 0 heterocycles. The Labute approximate surface area is 109 Å². The molecule has 5 heteroatoms. The third-order valence-corrected chi connectivity index (χ3v) is 3.85. The zero-order valence-electron chi connectivity index (χ0n) is 11.3. The van der Waals surface area contributed by atoms with Crippen LogP contribution in [0.1, 0.15) is 44.9 Å². The van der Waals surface area contributed by atoms with Gasteiger partial charge in [-0.25, -0.2) is 0 Å². The van der Waals surface area contributed by atoms with Crippen LogP contribution in [0.3, 0.4) is 0 Å². The molecule has 4 N–H and O–H groups in total. The second-order valence-corrected chi connectivity index (χ2v) is 5.08. The molecular weight excluding hydrogens is 230 g/mol. The van der Waals surface area contributed by atoms with Crippen molar-refractivity contribution in [3.05, 3.63) is 0 Å². The Bertz CT molecular complexity index is 284. The average molecular weight is 255 g/mol. The molecule has 1 fully saturated rings. The number of hydrogen-bond donors (Lipinski definition) is 3. The van der Waals surface area contributed by atoms with E-state index in [-0.39, 0.29) is 11.8 Å². The van der Waals surface area contributed by atoms with E-state index in [4.69, 9.17) is 5.73 Å². The van der Waals surface area contributed by atoms with Crippen LogP contribution in [0.25, 0.3) is 0 Å². The molecule has 0 spiro atoms. The molecule has 0 aromatic heterocycles. The van der Waals surface area contributed by atoms with Gasteiger partial charge in [-0.3, -0.25) is 9.59 Å². The Morgan fingerprint density at radius 3 is 2.28 bits per heavy atom. The number of carbonyl (C=O) groups is 2. The van der Waals surface area contributed by atoms with Gasteiger partial charge in [-0.1, -0.05) is 25.7 Å². The van der Waals surface area contributed by atoms with E-state index in [1.807, 2.05) is 0 Å². The van der Waals surface area contributed by atoms with Crippen molar-refractivity contribution in [1.82, 2.24) is 10.6 Å². The maximum atomic E-state index is 12.3. The van der Waals surface area contributed by atoms with E-state index in [9.17, 15) is 9.59 Å². The van der Waals surface area contributed by atoms with Gasteiger partial charge in [0.15, 0.2) is 0 Å². The SMILES string of the molecule is CNC(=O)CCNC(=O)C1(CN)CCCCCC1. The third kappa shape index (κ3) is 3.98. The number of rotatable bonds is 5. The minimum atomic E-state index is -0.404. The van der Waals surface area contributed by atoms with E-state index in [1.165, 1.54) is 12.8 Å². The van der Waals surface area contributed by atoms with Crippen LogP contribution in [-0.2, 0) is 9.59 Å². The molecule has 0 radical (unpaired) electrons. The number of nitrogens with two attached hydrogens (primary N) is 1. The molecule has 1 rings (SSSR count). The monoisotopic (exact) mass is 255 g/mol. The fourth-order valence-electron chi connectivity index (χ4n) is 2.53. The van der Waals surface area contributed by atoms with Gasteiger partial charge in [0, 0.05) is 26.6 Å². The Morgan fingerprint density at radius 2 is 1.78 bits per heavy atom. The molecule has 2 amide bonds. The van der Waals surface area contributed by atoms with Crippen LogP contribution < -0.4 is 16.4 Å². The lowest BCUT2D eigenvalue weighted by molar-refractivity contribution is -0.131. The van der Waals surface area contributed by atoms with Gasteiger partial charge in [0.05, 0.1) is 5.41 Å². The Morgan fingerprint density at radius 1 is 1.17 bits per heavy atom. The summed E-state index contributed by atoms with van der Waals surface area (Å²) >= 11 is 0. The van der Waals surface area contributed by atoms with Crippen molar-refractivity contribution in [1.29, 1.82) is 0 Å². The van der Waals surface area contributed by atoms with Crippen LogP contribution in [0.15, 0.2) is 0 Å². The summed E-state index contributed by atoms with van der Waals surface area (Å²) in [6.45, 7) is 0.791. The Kier molecular flexibility index (Phi) is 6.12. The van der Waals surface area contributed by atoms with Gasteiger partial charge in [-0.2, -0.15) is 0 Å². The maximum Gasteiger partial charge on any atom is 0.227 e. The molecule has 1 aliphatic carbocycles. The summed E-state index contributed by atoms with van der Waals surface area (Å²) in [4.78, 5) is 23.3. The molecule has 0 aromatic rings. The van der Waals surface area contributed by atoms with E-state index in [2.05, 4.69) is 10.6 Å². The highest BCUT2D eigenvalue weighted by atomic mass is 16.2. The van der Waals surface area contributed by atoms with E-state index < -0.39 is 5.41 Å². The minimum Gasteiger partial charge on any atom is -0.359 e. The van der Waals surface area contributed by atoms with Crippen molar-refractivity contribution >= 4 is 11.8 Å². The zero-order chi connectivity index (χ0) is 13.4. The predicted octanol–water partition coefficient (Wildman–Crippen LogP) is 0.538. The normalized spacial score (nSPS) is 18.8. The van der Waals surface area contributed by atoms with Gasteiger partial charge in [-0.15, -0.1) is 0 Å².